The number of fused-ring (bicyclic) bond motifs is 1. The molecule has 5 nitrogen and oxygen atoms in total. The van der Waals surface area contributed by atoms with Crippen molar-refractivity contribution in [2.75, 3.05) is 7.11 Å². The zero-order chi connectivity index (χ0) is 19.2. The molecular weight excluding hydrogens is 339 g/mol. The summed E-state index contributed by atoms with van der Waals surface area (Å²) >= 11 is 0. The van der Waals surface area contributed by atoms with Gasteiger partial charge in [-0.05, 0) is 51.4 Å². The molecule has 0 amide bonds. The van der Waals surface area contributed by atoms with Gasteiger partial charge in [0, 0.05) is 12.0 Å². The Kier molecular flexibility index (Phi) is 4.28. The number of para-hydroxylation sites is 1. The summed E-state index contributed by atoms with van der Waals surface area (Å²) in [6.45, 7) is 8.25. The van der Waals surface area contributed by atoms with E-state index in [0.29, 0.717) is 6.42 Å². The molecule has 0 spiro atoms. The van der Waals surface area contributed by atoms with Crippen molar-refractivity contribution < 1.29 is 14.0 Å². The summed E-state index contributed by atoms with van der Waals surface area (Å²) in [5, 5.41) is 0. The molecule has 0 bridgehead atoms. The van der Waals surface area contributed by atoms with Crippen molar-refractivity contribution in [2.24, 2.45) is 0 Å². The van der Waals surface area contributed by atoms with Gasteiger partial charge < -0.3 is 19.0 Å². The number of imidazole rings is 1. The zero-order valence-corrected chi connectivity index (χ0v) is 16.5. The molecule has 0 aliphatic carbocycles. The van der Waals surface area contributed by atoms with Gasteiger partial charge in [0.15, 0.2) is 0 Å². The molecule has 2 heterocycles. The van der Waals surface area contributed by atoms with Crippen molar-refractivity contribution in [1.82, 2.24) is 9.97 Å². The molecule has 1 saturated heterocycles. The van der Waals surface area contributed by atoms with Crippen LogP contribution in [0.4, 0.5) is 0 Å². The molecule has 1 aliphatic rings. The van der Waals surface area contributed by atoms with Crippen molar-refractivity contribution >= 4 is 23.6 Å². The minimum absolute atomic E-state index is 0.352. The van der Waals surface area contributed by atoms with E-state index in [-0.39, 0.29) is 18.3 Å². The maximum Gasteiger partial charge on any atom is 0.494 e. The van der Waals surface area contributed by atoms with Gasteiger partial charge in [-0.2, -0.15) is 0 Å². The molecule has 27 heavy (non-hydrogen) atoms. The fraction of sp³-hybridized carbons (Fsp3) is 0.381. The third kappa shape index (κ3) is 3.24. The highest BCUT2D eigenvalue weighted by Crippen LogP contribution is 2.36. The second-order valence-corrected chi connectivity index (χ2v) is 8.04. The van der Waals surface area contributed by atoms with E-state index >= 15 is 0 Å². The zero-order valence-electron chi connectivity index (χ0n) is 16.5. The smallest absolute Gasteiger partial charge is 0.494 e. The van der Waals surface area contributed by atoms with Crippen LogP contribution in [-0.4, -0.2) is 35.4 Å². The van der Waals surface area contributed by atoms with Crippen LogP contribution in [0.15, 0.2) is 42.5 Å². The number of H-pyrrole nitrogens is 1. The maximum absolute atomic E-state index is 6.16. The van der Waals surface area contributed by atoms with Crippen LogP contribution in [0.25, 0.3) is 11.0 Å². The number of methoxy groups -OCH3 is 1. The number of aromatic amines is 1. The van der Waals surface area contributed by atoms with Gasteiger partial charge in [-0.25, -0.2) is 4.98 Å². The Labute approximate surface area is 160 Å². The number of nitrogens with one attached hydrogen (secondary N) is 1. The Morgan fingerprint density at radius 2 is 1.74 bits per heavy atom. The van der Waals surface area contributed by atoms with Gasteiger partial charge in [0.2, 0.25) is 0 Å². The first kappa shape index (κ1) is 18.1. The lowest BCUT2D eigenvalue weighted by Gasteiger charge is -2.32. The lowest BCUT2D eigenvalue weighted by molar-refractivity contribution is 0.00578. The number of rotatable bonds is 4. The van der Waals surface area contributed by atoms with Crippen LogP contribution < -0.4 is 10.2 Å². The molecule has 0 saturated carbocycles. The van der Waals surface area contributed by atoms with E-state index in [4.69, 9.17) is 19.0 Å². The molecule has 140 valence electrons. The van der Waals surface area contributed by atoms with Gasteiger partial charge >= 0.3 is 7.12 Å². The van der Waals surface area contributed by atoms with E-state index in [9.17, 15) is 0 Å². The summed E-state index contributed by atoms with van der Waals surface area (Å²) in [6.07, 6.45) is 0.685. The van der Waals surface area contributed by atoms with E-state index in [1.54, 1.807) is 7.11 Å². The van der Waals surface area contributed by atoms with Gasteiger partial charge in [-0.1, -0.05) is 24.3 Å². The predicted molar refractivity (Wildman–Crippen MR) is 108 cm³/mol. The molecule has 1 fully saturated rings. The minimum atomic E-state index is -0.375. The van der Waals surface area contributed by atoms with Gasteiger partial charge in [-0.3, -0.25) is 0 Å². The lowest BCUT2D eigenvalue weighted by Crippen LogP contribution is -2.41. The fourth-order valence-electron chi connectivity index (χ4n) is 3.32. The highest BCUT2D eigenvalue weighted by atomic mass is 16.7. The normalized spacial score (nSPS) is 18.2. The molecule has 3 aromatic rings. The van der Waals surface area contributed by atoms with Crippen LogP contribution in [0.1, 0.15) is 39.1 Å². The summed E-state index contributed by atoms with van der Waals surface area (Å²) in [5.74, 6) is 1.77. The number of hydrogen-bond donors (Lipinski definition) is 1. The Morgan fingerprint density at radius 3 is 2.44 bits per heavy atom. The number of aromatic nitrogens is 2. The van der Waals surface area contributed by atoms with Crippen molar-refractivity contribution in [3.8, 4) is 5.75 Å². The van der Waals surface area contributed by atoms with E-state index in [1.165, 1.54) is 0 Å². The van der Waals surface area contributed by atoms with Crippen LogP contribution in [0.5, 0.6) is 5.75 Å². The van der Waals surface area contributed by atoms with Gasteiger partial charge in [0.05, 0.1) is 29.3 Å². The molecule has 0 unspecified atom stereocenters. The molecule has 2 aromatic carbocycles. The van der Waals surface area contributed by atoms with Crippen molar-refractivity contribution in [1.29, 1.82) is 0 Å². The molecule has 1 aromatic heterocycles. The Balaban J connectivity index is 1.61. The van der Waals surface area contributed by atoms with Gasteiger partial charge in [0.25, 0.3) is 0 Å². The average Bonchev–Trinajstić information content (AvgIpc) is 3.11. The van der Waals surface area contributed by atoms with Crippen LogP contribution >= 0.6 is 0 Å². The topological polar surface area (TPSA) is 56.4 Å². The van der Waals surface area contributed by atoms with Crippen LogP contribution in [0.3, 0.4) is 0 Å². The fourth-order valence-corrected chi connectivity index (χ4v) is 3.32. The summed E-state index contributed by atoms with van der Waals surface area (Å²) in [4.78, 5) is 8.14. The maximum atomic E-state index is 6.16. The number of hydrogen-bond acceptors (Lipinski definition) is 4. The highest BCUT2D eigenvalue weighted by molar-refractivity contribution is 6.62. The summed E-state index contributed by atoms with van der Waals surface area (Å²) in [7, 11) is 1.31. The second-order valence-electron chi connectivity index (χ2n) is 8.04. The number of nitrogens with zero attached hydrogens (tertiary/aromatic N) is 1. The molecule has 1 aliphatic heterocycles. The van der Waals surface area contributed by atoms with Crippen molar-refractivity contribution in [3.05, 3.63) is 53.9 Å². The molecule has 0 radical (unpaired) electrons. The molecular formula is C21H25BN2O3. The van der Waals surface area contributed by atoms with E-state index in [0.717, 1.165) is 33.6 Å². The lowest BCUT2D eigenvalue weighted by atomic mass is 9.79. The second kappa shape index (κ2) is 6.39. The molecule has 1 N–H and O–H groups in total. The van der Waals surface area contributed by atoms with Gasteiger partial charge in [-0.15, -0.1) is 0 Å². The van der Waals surface area contributed by atoms with E-state index in [2.05, 4.69) is 44.8 Å². The molecule has 4 rings (SSSR count). The van der Waals surface area contributed by atoms with E-state index < -0.39 is 0 Å². The third-order valence-electron chi connectivity index (χ3n) is 5.63. The first-order valence-corrected chi connectivity index (χ1v) is 9.25. The van der Waals surface area contributed by atoms with E-state index in [1.807, 2.05) is 30.3 Å². The number of benzene rings is 2. The van der Waals surface area contributed by atoms with Crippen LogP contribution in [0.2, 0.25) is 0 Å². The Morgan fingerprint density at radius 1 is 1.04 bits per heavy atom. The standard InChI is InChI=1S/C21H25BN2O3/c1-20(2)21(3,4)27-22(26-20)15-10-11-16-17(13-15)24-19(23-16)12-14-8-6-7-9-18(14)25-5/h6-11,13H,12H2,1-5H3,(H,23,24). The largest absolute Gasteiger partial charge is 0.496 e. The highest BCUT2D eigenvalue weighted by Gasteiger charge is 2.51. The van der Waals surface area contributed by atoms with Crippen LogP contribution in [-0.2, 0) is 15.7 Å². The first-order valence-electron chi connectivity index (χ1n) is 9.25. The van der Waals surface area contributed by atoms with Crippen LogP contribution in [0, 0.1) is 0 Å². The Bertz CT molecular complexity index is 964. The minimum Gasteiger partial charge on any atom is -0.496 e. The number of ether oxygens (including phenoxy) is 1. The molecule has 0 atom stereocenters. The van der Waals surface area contributed by atoms with Crippen molar-refractivity contribution in [2.45, 2.75) is 45.3 Å². The summed E-state index contributed by atoms with van der Waals surface area (Å²) in [5.41, 5.74) is 3.30. The first-order chi connectivity index (χ1) is 12.8. The molecule has 6 heteroatoms. The Hall–Kier alpha value is -2.31. The van der Waals surface area contributed by atoms with Crippen molar-refractivity contribution in [3.63, 3.8) is 0 Å². The monoisotopic (exact) mass is 364 g/mol. The average molecular weight is 364 g/mol. The van der Waals surface area contributed by atoms with Gasteiger partial charge in [0.1, 0.15) is 11.6 Å². The summed E-state index contributed by atoms with van der Waals surface area (Å²) in [6, 6.07) is 14.1. The quantitative estimate of drug-likeness (QED) is 0.721. The summed E-state index contributed by atoms with van der Waals surface area (Å²) < 4.78 is 17.8. The predicted octanol–water partition coefficient (Wildman–Crippen LogP) is 3.46. The SMILES string of the molecule is COc1ccccc1Cc1nc2ccc(B3OC(C)(C)C(C)(C)O3)cc2[nH]1. The third-order valence-corrected chi connectivity index (χ3v) is 5.63.